The highest BCUT2D eigenvalue weighted by Gasteiger charge is 2.28. The van der Waals surface area contributed by atoms with Crippen molar-refractivity contribution in [3.05, 3.63) is 64.8 Å². The Morgan fingerprint density at radius 1 is 1.26 bits per heavy atom. The molecule has 1 saturated heterocycles. The van der Waals surface area contributed by atoms with Crippen molar-refractivity contribution in [2.45, 2.75) is 0 Å². The number of thioether (sulfide) groups is 1. The molecular weight excluding hydrogens is 280 g/mol. The number of carbonyl (C=O) groups is 1. The number of pyridine rings is 1. The molecule has 0 saturated carbocycles. The van der Waals surface area contributed by atoms with Gasteiger partial charge in [-0.2, -0.15) is 29.5 Å². The third-order valence-electron chi connectivity index (χ3n) is 2.78. The molecule has 3 nitrogen and oxygen atoms in total. The normalized spacial score (nSPS) is 15.1. The molecular formula is C14H10ClN2OS-. The molecule has 96 valence electrons. The van der Waals surface area contributed by atoms with Crippen LogP contribution in [-0.4, -0.2) is 16.6 Å². The number of hydrogen-bond donors (Lipinski definition) is 0. The summed E-state index contributed by atoms with van der Waals surface area (Å²) in [6.07, 6.45) is 3.39. The highest BCUT2D eigenvalue weighted by atomic mass is 35.5. The van der Waals surface area contributed by atoms with Gasteiger partial charge in [-0.1, -0.05) is 23.7 Å². The first-order chi connectivity index (χ1) is 9.25. The molecule has 2 aromatic rings. The van der Waals surface area contributed by atoms with Gasteiger partial charge in [-0.05, 0) is 17.5 Å². The van der Waals surface area contributed by atoms with Crippen LogP contribution in [0.25, 0.3) is 0 Å². The summed E-state index contributed by atoms with van der Waals surface area (Å²) in [5.41, 5.74) is 1.78. The van der Waals surface area contributed by atoms with Crippen LogP contribution in [0.3, 0.4) is 0 Å². The molecule has 1 aromatic heterocycles. The van der Waals surface area contributed by atoms with Crippen LogP contribution in [0.15, 0.2) is 48.8 Å². The van der Waals surface area contributed by atoms with Gasteiger partial charge < -0.3 is 4.90 Å². The highest BCUT2D eigenvalue weighted by molar-refractivity contribution is 8.03. The topological polar surface area (TPSA) is 33.2 Å². The zero-order valence-corrected chi connectivity index (χ0v) is 11.5. The number of aromatic nitrogens is 1. The van der Waals surface area contributed by atoms with E-state index in [0.717, 1.165) is 16.6 Å². The molecule has 2 heterocycles. The molecule has 0 bridgehead atoms. The smallest absolute Gasteiger partial charge is 0.230 e. The molecule has 19 heavy (non-hydrogen) atoms. The zero-order chi connectivity index (χ0) is 13.2. The third-order valence-corrected chi connectivity index (χ3v) is 4.12. The van der Waals surface area contributed by atoms with Crippen molar-refractivity contribution in [1.29, 1.82) is 0 Å². The minimum Gasteiger partial charge on any atom is -0.328 e. The van der Waals surface area contributed by atoms with Gasteiger partial charge in [0.25, 0.3) is 0 Å². The number of rotatable bonds is 2. The lowest BCUT2D eigenvalue weighted by Gasteiger charge is -2.30. The van der Waals surface area contributed by atoms with E-state index in [1.807, 2.05) is 36.4 Å². The Balaban J connectivity index is 1.97. The van der Waals surface area contributed by atoms with Crippen LogP contribution in [0.4, 0.5) is 5.69 Å². The number of halogens is 1. The molecule has 0 unspecified atom stereocenters. The third kappa shape index (κ3) is 2.41. The quantitative estimate of drug-likeness (QED) is 0.795. The van der Waals surface area contributed by atoms with E-state index in [2.05, 4.69) is 4.98 Å². The summed E-state index contributed by atoms with van der Waals surface area (Å²) in [6, 6.07) is 11.2. The van der Waals surface area contributed by atoms with Crippen LogP contribution in [-0.2, 0) is 4.79 Å². The summed E-state index contributed by atoms with van der Waals surface area (Å²) in [4.78, 5) is 17.8. The van der Waals surface area contributed by atoms with Crippen LogP contribution in [0.5, 0.6) is 0 Å². The average molecular weight is 290 g/mol. The van der Waals surface area contributed by atoms with E-state index >= 15 is 0 Å². The first-order valence-corrected chi connectivity index (χ1v) is 7.11. The van der Waals surface area contributed by atoms with Crippen molar-refractivity contribution in [3.8, 4) is 0 Å². The second-order valence-electron chi connectivity index (χ2n) is 4.04. The summed E-state index contributed by atoms with van der Waals surface area (Å²) in [5.74, 6) is 0.523. The monoisotopic (exact) mass is 289 g/mol. The second-order valence-corrected chi connectivity index (χ2v) is 5.44. The minimum absolute atomic E-state index is 0.0722. The van der Waals surface area contributed by atoms with Gasteiger partial charge in [-0.25, -0.2) is 0 Å². The zero-order valence-electron chi connectivity index (χ0n) is 9.91. The minimum atomic E-state index is 0.0722. The molecule has 1 aliphatic rings. The Labute approximate surface area is 120 Å². The predicted molar refractivity (Wildman–Crippen MR) is 78.0 cm³/mol. The standard InChI is InChI=1S/C14H10ClN2OS/c15-11-5-3-10(4-6-11)14-17(13(18)9-19-14)12-2-1-7-16-8-12/h1-8H,9H2/q-1. The van der Waals surface area contributed by atoms with Crippen molar-refractivity contribution in [3.63, 3.8) is 0 Å². The van der Waals surface area contributed by atoms with E-state index in [1.54, 1.807) is 17.3 Å². The van der Waals surface area contributed by atoms with E-state index in [-0.39, 0.29) is 5.91 Å². The average Bonchev–Trinajstić information content (AvgIpc) is 2.82. The molecule has 1 aliphatic heterocycles. The van der Waals surface area contributed by atoms with Gasteiger partial charge >= 0.3 is 0 Å². The fourth-order valence-corrected chi connectivity index (χ4v) is 3.08. The van der Waals surface area contributed by atoms with Crippen molar-refractivity contribution >= 4 is 35.0 Å². The van der Waals surface area contributed by atoms with Gasteiger partial charge in [-0.15, -0.1) is 0 Å². The van der Waals surface area contributed by atoms with Crippen LogP contribution < -0.4 is 4.90 Å². The predicted octanol–water partition coefficient (Wildman–Crippen LogP) is 3.35. The molecule has 0 atom stereocenters. The highest BCUT2D eigenvalue weighted by Crippen LogP contribution is 2.40. The van der Waals surface area contributed by atoms with Gasteiger partial charge in [0.1, 0.15) is 0 Å². The first kappa shape index (κ1) is 12.4. The second kappa shape index (κ2) is 5.15. The summed E-state index contributed by atoms with van der Waals surface area (Å²) < 4.78 is 0. The van der Waals surface area contributed by atoms with E-state index < -0.39 is 0 Å². The van der Waals surface area contributed by atoms with Crippen LogP contribution in [0.2, 0.25) is 5.02 Å². The molecule has 3 rings (SSSR count). The summed E-state index contributed by atoms with van der Waals surface area (Å²) in [6.45, 7) is 0. The largest absolute Gasteiger partial charge is 0.328 e. The Bertz CT molecular complexity index is 588. The fraction of sp³-hybridized carbons (Fsp3) is 0.0714. The number of amides is 1. The maximum absolute atomic E-state index is 12.1. The molecule has 5 heteroatoms. The van der Waals surface area contributed by atoms with Gasteiger partial charge in [0.05, 0.1) is 11.4 Å². The van der Waals surface area contributed by atoms with Gasteiger partial charge in [0.2, 0.25) is 5.91 Å². The summed E-state index contributed by atoms with van der Waals surface area (Å²) in [5, 5.41) is 1.61. The lowest BCUT2D eigenvalue weighted by atomic mass is 10.2. The maximum Gasteiger partial charge on any atom is 0.230 e. The maximum atomic E-state index is 12.1. The molecule has 0 radical (unpaired) electrons. The van der Waals surface area contributed by atoms with E-state index in [4.69, 9.17) is 11.6 Å². The van der Waals surface area contributed by atoms with Gasteiger partial charge in [-0.3, -0.25) is 9.78 Å². The van der Waals surface area contributed by atoms with Gasteiger partial charge in [0.15, 0.2) is 0 Å². The van der Waals surface area contributed by atoms with Crippen LogP contribution in [0.1, 0.15) is 5.56 Å². The molecule has 0 spiro atoms. The van der Waals surface area contributed by atoms with E-state index in [0.29, 0.717) is 10.8 Å². The van der Waals surface area contributed by atoms with Crippen molar-refractivity contribution in [2.75, 3.05) is 10.7 Å². The molecule has 0 N–H and O–H groups in total. The van der Waals surface area contributed by atoms with Gasteiger partial charge in [0, 0.05) is 17.4 Å². The Morgan fingerprint density at radius 2 is 2.05 bits per heavy atom. The number of nitrogens with zero attached hydrogens (tertiary/aromatic N) is 2. The van der Waals surface area contributed by atoms with Crippen LogP contribution in [0, 0.1) is 5.37 Å². The van der Waals surface area contributed by atoms with Crippen LogP contribution >= 0.6 is 23.4 Å². The summed E-state index contributed by atoms with van der Waals surface area (Å²) in [7, 11) is 0. The Morgan fingerprint density at radius 3 is 2.74 bits per heavy atom. The van der Waals surface area contributed by atoms with Crippen molar-refractivity contribution in [2.24, 2.45) is 0 Å². The fourth-order valence-electron chi connectivity index (χ4n) is 1.92. The van der Waals surface area contributed by atoms with Crippen molar-refractivity contribution < 1.29 is 4.79 Å². The molecule has 0 aliphatic carbocycles. The summed E-state index contributed by atoms with van der Waals surface area (Å²) >= 11 is 7.43. The first-order valence-electron chi connectivity index (χ1n) is 5.74. The Kier molecular flexibility index (Phi) is 3.36. The molecule has 1 aromatic carbocycles. The Hall–Kier alpha value is -1.65. The lowest BCUT2D eigenvalue weighted by molar-refractivity contribution is -0.115. The lowest BCUT2D eigenvalue weighted by Crippen LogP contribution is -2.28. The number of benzene rings is 1. The number of carbonyl (C=O) groups excluding carboxylic acids is 1. The SMILES string of the molecule is O=C1CS[C-](c2ccc(Cl)cc2)N1c1cccnc1. The molecule has 1 amide bonds. The van der Waals surface area contributed by atoms with E-state index in [1.165, 1.54) is 11.8 Å². The number of anilines is 1. The van der Waals surface area contributed by atoms with E-state index in [9.17, 15) is 4.79 Å². The number of hydrogen-bond acceptors (Lipinski definition) is 3. The molecule has 1 fully saturated rings. The van der Waals surface area contributed by atoms with Crippen molar-refractivity contribution in [1.82, 2.24) is 4.98 Å².